The van der Waals surface area contributed by atoms with Crippen LogP contribution in [0.15, 0.2) is 48.8 Å². The third kappa shape index (κ3) is 3.69. The standard InChI is InChI=1S/C13H11ClN4O2/c14-10-3-1-2-4-11(10)16-13(20)18-17-12(19)9-5-7-15-8-6-9/h1-8H,(H,17,19)(H2,16,18,20). The van der Waals surface area contributed by atoms with E-state index in [0.29, 0.717) is 16.3 Å². The van der Waals surface area contributed by atoms with Gasteiger partial charge in [0.05, 0.1) is 10.7 Å². The number of anilines is 1. The first-order chi connectivity index (χ1) is 9.66. The van der Waals surface area contributed by atoms with E-state index in [1.54, 1.807) is 24.3 Å². The molecule has 0 radical (unpaired) electrons. The Morgan fingerprint density at radius 1 is 1.00 bits per heavy atom. The van der Waals surface area contributed by atoms with Crippen LogP contribution in [0.3, 0.4) is 0 Å². The highest BCUT2D eigenvalue weighted by Crippen LogP contribution is 2.19. The molecule has 6 nitrogen and oxygen atoms in total. The minimum absolute atomic E-state index is 0.387. The number of rotatable bonds is 2. The van der Waals surface area contributed by atoms with Crippen molar-refractivity contribution in [3.8, 4) is 0 Å². The van der Waals surface area contributed by atoms with E-state index in [1.807, 2.05) is 0 Å². The molecule has 3 amide bonds. The highest BCUT2D eigenvalue weighted by atomic mass is 35.5. The zero-order valence-corrected chi connectivity index (χ0v) is 11.0. The van der Waals surface area contributed by atoms with Crippen LogP contribution in [0, 0.1) is 0 Å². The molecule has 3 N–H and O–H groups in total. The van der Waals surface area contributed by atoms with Crippen molar-refractivity contribution < 1.29 is 9.59 Å². The molecule has 0 spiro atoms. The largest absolute Gasteiger partial charge is 0.337 e. The first kappa shape index (κ1) is 13.8. The summed E-state index contributed by atoms with van der Waals surface area (Å²) in [5.41, 5.74) is 5.33. The molecule has 0 atom stereocenters. The molecule has 7 heteroatoms. The topological polar surface area (TPSA) is 83.1 Å². The van der Waals surface area contributed by atoms with Gasteiger partial charge in [-0.3, -0.25) is 15.2 Å². The fraction of sp³-hybridized carbons (Fsp3) is 0. The summed E-state index contributed by atoms with van der Waals surface area (Å²) in [5, 5.41) is 2.91. The summed E-state index contributed by atoms with van der Waals surface area (Å²) >= 11 is 5.89. The van der Waals surface area contributed by atoms with Crippen LogP contribution in [0.5, 0.6) is 0 Å². The smallest absolute Gasteiger partial charge is 0.305 e. The Morgan fingerprint density at radius 2 is 1.70 bits per heavy atom. The molecule has 0 aliphatic carbocycles. The lowest BCUT2D eigenvalue weighted by atomic mass is 10.3. The Kier molecular flexibility index (Phi) is 4.52. The number of aromatic nitrogens is 1. The van der Waals surface area contributed by atoms with Crippen molar-refractivity contribution in [3.63, 3.8) is 0 Å². The number of carbonyl (C=O) groups excluding carboxylic acids is 2. The number of nitrogens with one attached hydrogen (secondary N) is 3. The van der Waals surface area contributed by atoms with Gasteiger partial charge in [-0.15, -0.1) is 0 Å². The second-order valence-electron chi connectivity index (χ2n) is 3.75. The molecule has 1 aromatic heterocycles. The molecular formula is C13H11ClN4O2. The van der Waals surface area contributed by atoms with Crippen molar-refractivity contribution >= 4 is 29.2 Å². The second kappa shape index (κ2) is 6.53. The molecule has 0 saturated heterocycles. The SMILES string of the molecule is O=C(NNC(=O)c1ccncc1)Nc1ccccc1Cl. The molecule has 0 aliphatic heterocycles. The number of nitrogens with zero attached hydrogens (tertiary/aromatic N) is 1. The van der Waals surface area contributed by atoms with Crippen molar-refractivity contribution in [1.82, 2.24) is 15.8 Å². The summed E-state index contributed by atoms with van der Waals surface area (Å²) < 4.78 is 0. The Hall–Kier alpha value is -2.60. The third-order valence-corrected chi connectivity index (χ3v) is 2.68. The molecule has 1 aromatic carbocycles. The van der Waals surface area contributed by atoms with Gasteiger partial charge in [-0.1, -0.05) is 23.7 Å². The molecule has 0 fully saturated rings. The molecular weight excluding hydrogens is 280 g/mol. The average Bonchev–Trinajstić information content (AvgIpc) is 2.48. The lowest BCUT2D eigenvalue weighted by Gasteiger charge is -2.09. The highest BCUT2D eigenvalue weighted by molar-refractivity contribution is 6.33. The monoisotopic (exact) mass is 290 g/mol. The number of carbonyl (C=O) groups is 2. The van der Waals surface area contributed by atoms with E-state index in [1.165, 1.54) is 24.5 Å². The lowest BCUT2D eigenvalue weighted by molar-refractivity contribution is 0.0938. The summed E-state index contributed by atoms with van der Waals surface area (Å²) in [6, 6.07) is 9.24. The molecule has 102 valence electrons. The van der Waals surface area contributed by atoms with Crippen LogP contribution in [-0.2, 0) is 0 Å². The van der Waals surface area contributed by atoms with Gasteiger partial charge in [0.15, 0.2) is 0 Å². The number of hydrogen-bond donors (Lipinski definition) is 3. The van der Waals surface area contributed by atoms with Gasteiger partial charge in [0.2, 0.25) is 0 Å². The molecule has 0 bridgehead atoms. The Labute approximate surface area is 120 Å². The van der Waals surface area contributed by atoms with E-state index in [-0.39, 0.29) is 0 Å². The molecule has 2 aromatic rings. The Bertz CT molecular complexity index is 619. The van der Waals surface area contributed by atoms with Gasteiger partial charge in [-0.05, 0) is 24.3 Å². The van der Waals surface area contributed by atoms with Crippen molar-refractivity contribution in [2.75, 3.05) is 5.32 Å². The van der Waals surface area contributed by atoms with Gasteiger partial charge < -0.3 is 5.32 Å². The zero-order valence-electron chi connectivity index (χ0n) is 10.3. The van der Waals surface area contributed by atoms with Gasteiger partial charge in [-0.25, -0.2) is 10.2 Å². The number of benzene rings is 1. The van der Waals surface area contributed by atoms with Gasteiger partial charge in [-0.2, -0.15) is 0 Å². The van der Waals surface area contributed by atoms with Crippen LogP contribution in [0.25, 0.3) is 0 Å². The number of pyridine rings is 1. The predicted octanol–water partition coefficient (Wildman–Crippen LogP) is 2.20. The van der Waals surface area contributed by atoms with Crippen LogP contribution in [0.1, 0.15) is 10.4 Å². The van der Waals surface area contributed by atoms with Crippen molar-refractivity contribution in [2.24, 2.45) is 0 Å². The van der Waals surface area contributed by atoms with Crippen LogP contribution in [-0.4, -0.2) is 16.9 Å². The van der Waals surface area contributed by atoms with Crippen LogP contribution in [0.4, 0.5) is 10.5 Å². The van der Waals surface area contributed by atoms with Crippen molar-refractivity contribution in [2.45, 2.75) is 0 Å². The number of urea groups is 1. The number of halogens is 1. The zero-order chi connectivity index (χ0) is 14.4. The number of hydrogen-bond acceptors (Lipinski definition) is 3. The summed E-state index contributed by atoms with van der Waals surface area (Å²) in [6.45, 7) is 0. The van der Waals surface area contributed by atoms with E-state index in [2.05, 4.69) is 21.2 Å². The maximum atomic E-state index is 11.7. The molecule has 1 heterocycles. The summed E-state index contributed by atoms with van der Waals surface area (Å²) in [6.07, 6.45) is 2.97. The highest BCUT2D eigenvalue weighted by Gasteiger charge is 2.07. The van der Waals surface area contributed by atoms with Gasteiger partial charge in [0, 0.05) is 18.0 Å². The van der Waals surface area contributed by atoms with E-state index < -0.39 is 11.9 Å². The van der Waals surface area contributed by atoms with Gasteiger partial charge >= 0.3 is 6.03 Å². The average molecular weight is 291 g/mol. The minimum atomic E-state index is -0.597. The summed E-state index contributed by atoms with van der Waals surface area (Å²) in [7, 11) is 0. The lowest BCUT2D eigenvalue weighted by Crippen LogP contribution is -2.43. The summed E-state index contributed by atoms with van der Waals surface area (Å²) in [4.78, 5) is 27.0. The molecule has 20 heavy (non-hydrogen) atoms. The molecule has 0 unspecified atom stereocenters. The fourth-order valence-corrected chi connectivity index (χ4v) is 1.59. The number of hydrazine groups is 1. The van der Waals surface area contributed by atoms with Crippen molar-refractivity contribution in [3.05, 3.63) is 59.4 Å². The molecule has 0 aliphatic rings. The van der Waals surface area contributed by atoms with Crippen molar-refractivity contribution in [1.29, 1.82) is 0 Å². The van der Waals surface area contributed by atoms with E-state index in [0.717, 1.165) is 0 Å². The Balaban J connectivity index is 1.87. The fourth-order valence-electron chi connectivity index (χ4n) is 1.41. The quantitative estimate of drug-likeness (QED) is 0.742. The van der Waals surface area contributed by atoms with Gasteiger partial charge in [0.25, 0.3) is 5.91 Å². The minimum Gasteiger partial charge on any atom is -0.305 e. The van der Waals surface area contributed by atoms with Crippen LogP contribution < -0.4 is 16.2 Å². The van der Waals surface area contributed by atoms with Crippen LogP contribution >= 0.6 is 11.6 Å². The maximum Gasteiger partial charge on any atom is 0.337 e. The maximum absolute atomic E-state index is 11.7. The number of para-hydroxylation sites is 1. The van der Waals surface area contributed by atoms with Crippen LogP contribution in [0.2, 0.25) is 5.02 Å². The van der Waals surface area contributed by atoms with E-state index in [9.17, 15) is 9.59 Å². The first-order valence-corrected chi connectivity index (χ1v) is 6.06. The number of amides is 3. The second-order valence-corrected chi connectivity index (χ2v) is 4.16. The Morgan fingerprint density at radius 3 is 2.40 bits per heavy atom. The van der Waals surface area contributed by atoms with E-state index in [4.69, 9.17) is 11.6 Å². The first-order valence-electron chi connectivity index (χ1n) is 5.68. The third-order valence-electron chi connectivity index (χ3n) is 2.35. The normalized spacial score (nSPS) is 9.65. The molecule has 2 rings (SSSR count). The summed E-state index contributed by atoms with van der Waals surface area (Å²) in [5.74, 6) is -0.443. The van der Waals surface area contributed by atoms with Gasteiger partial charge in [0.1, 0.15) is 0 Å². The molecule has 0 saturated carbocycles. The predicted molar refractivity (Wildman–Crippen MR) is 75.3 cm³/mol. The van der Waals surface area contributed by atoms with E-state index >= 15 is 0 Å².